The highest BCUT2D eigenvalue weighted by Crippen LogP contribution is 2.46. The van der Waals surface area contributed by atoms with Crippen molar-refractivity contribution >= 4 is 92.1 Å². The zero-order valence-electron chi connectivity index (χ0n) is 25.4. The maximum atomic E-state index is 6.10. The number of rotatable bonds is 4. The Labute approximate surface area is 275 Å². The van der Waals surface area contributed by atoms with Crippen molar-refractivity contribution in [3.8, 4) is 11.1 Å². The van der Waals surface area contributed by atoms with Gasteiger partial charge in [-0.05, 0) is 93.3 Å². The minimum absolute atomic E-state index is 0.914. The molecule has 2 aromatic heterocycles. The van der Waals surface area contributed by atoms with Crippen LogP contribution in [0.1, 0.15) is 0 Å². The number of hydrogen-bond donors (Lipinski definition) is 0. The van der Waals surface area contributed by atoms with Gasteiger partial charge in [-0.15, -0.1) is 11.3 Å². The molecule has 0 unspecified atom stereocenters. The van der Waals surface area contributed by atoms with Crippen LogP contribution >= 0.6 is 11.3 Å². The highest BCUT2D eigenvalue weighted by Gasteiger charge is 2.19. The van der Waals surface area contributed by atoms with Gasteiger partial charge in [0.25, 0.3) is 0 Å². The van der Waals surface area contributed by atoms with Crippen LogP contribution < -0.4 is 4.90 Å². The van der Waals surface area contributed by atoms with Crippen molar-refractivity contribution < 1.29 is 4.42 Å². The average molecular weight is 618 g/mol. The van der Waals surface area contributed by atoms with Crippen LogP contribution in [-0.2, 0) is 0 Å². The van der Waals surface area contributed by atoms with E-state index in [4.69, 9.17) is 4.42 Å². The first-order valence-corrected chi connectivity index (χ1v) is 16.7. The Kier molecular flexibility index (Phi) is 5.78. The summed E-state index contributed by atoms with van der Waals surface area (Å²) in [7, 11) is 0. The third-order valence-electron chi connectivity index (χ3n) is 9.45. The molecule has 8 aromatic carbocycles. The van der Waals surface area contributed by atoms with E-state index < -0.39 is 0 Å². The SMILES string of the molecule is c1ccc2c(c1)ccc1ccc(N(c3ccc(-c4ccc5oc6ccccc6c5c4)cc3)c3cccc4sc5ccccc5c34)cc12. The number of hydrogen-bond acceptors (Lipinski definition) is 3. The minimum atomic E-state index is 0.914. The van der Waals surface area contributed by atoms with E-state index in [-0.39, 0.29) is 0 Å². The van der Waals surface area contributed by atoms with Gasteiger partial charge in [0.2, 0.25) is 0 Å². The number of furan rings is 1. The minimum Gasteiger partial charge on any atom is -0.456 e. The molecule has 0 atom stereocenters. The van der Waals surface area contributed by atoms with Crippen LogP contribution in [0.25, 0.3) is 74.8 Å². The lowest BCUT2D eigenvalue weighted by Crippen LogP contribution is -2.10. The molecule has 3 heteroatoms. The lowest BCUT2D eigenvalue weighted by Gasteiger charge is -2.27. The van der Waals surface area contributed by atoms with Crippen molar-refractivity contribution in [1.29, 1.82) is 0 Å². The number of anilines is 3. The number of para-hydroxylation sites is 1. The van der Waals surface area contributed by atoms with Crippen LogP contribution in [0.2, 0.25) is 0 Å². The van der Waals surface area contributed by atoms with Crippen molar-refractivity contribution in [2.75, 3.05) is 4.90 Å². The number of nitrogens with zero attached hydrogens (tertiary/aromatic N) is 1. The standard InChI is InChI=1S/C44H27NOS/c1-2-9-34-29(8-1)16-17-30-20-24-33(27-37(30)34)45(39-12-7-15-43-44(39)36-11-4-6-14-42(36)47-43)32-22-18-28(19-23-32)31-21-25-41-38(26-31)35-10-3-5-13-40(35)46-41/h1-27H. The van der Waals surface area contributed by atoms with Gasteiger partial charge in [-0.2, -0.15) is 0 Å². The summed E-state index contributed by atoms with van der Waals surface area (Å²) in [5.74, 6) is 0. The van der Waals surface area contributed by atoms with Crippen LogP contribution in [0, 0.1) is 0 Å². The highest BCUT2D eigenvalue weighted by atomic mass is 32.1. The molecule has 0 spiro atoms. The van der Waals surface area contributed by atoms with Crippen molar-refractivity contribution in [3.63, 3.8) is 0 Å². The fraction of sp³-hybridized carbons (Fsp3) is 0. The predicted octanol–water partition coefficient (Wildman–Crippen LogP) is 13.4. The Morgan fingerprint density at radius 3 is 1.96 bits per heavy atom. The Morgan fingerprint density at radius 2 is 1.06 bits per heavy atom. The molecule has 0 aliphatic carbocycles. The van der Waals surface area contributed by atoms with Crippen LogP contribution in [0.4, 0.5) is 17.1 Å². The fourth-order valence-electron chi connectivity index (χ4n) is 7.21. The van der Waals surface area contributed by atoms with Gasteiger partial charge in [0.15, 0.2) is 0 Å². The fourth-order valence-corrected chi connectivity index (χ4v) is 8.33. The quantitative estimate of drug-likeness (QED) is 0.183. The van der Waals surface area contributed by atoms with Crippen LogP contribution in [0.5, 0.6) is 0 Å². The number of fused-ring (bicyclic) bond motifs is 9. The average Bonchev–Trinajstić information content (AvgIpc) is 3.70. The van der Waals surface area contributed by atoms with E-state index >= 15 is 0 Å². The van der Waals surface area contributed by atoms with Crippen molar-refractivity contribution in [2.24, 2.45) is 0 Å². The summed E-state index contributed by atoms with van der Waals surface area (Å²) in [6.07, 6.45) is 0. The van der Waals surface area contributed by atoms with Crippen molar-refractivity contribution in [3.05, 3.63) is 164 Å². The Balaban J connectivity index is 1.17. The molecular weight excluding hydrogens is 591 g/mol. The van der Waals surface area contributed by atoms with Gasteiger partial charge in [0, 0.05) is 42.3 Å². The normalized spacial score (nSPS) is 11.8. The summed E-state index contributed by atoms with van der Waals surface area (Å²) in [6.45, 7) is 0. The molecule has 10 aromatic rings. The lowest BCUT2D eigenvalue weighted by molar-refractivity contribution is 0.669. The molecule has 0 fully saturated rings. The monoisotopic (exact) mass is 617 g/mol. The van der Waals surface area contributed by atoms with Gasteiger partial charge in [0.05, 0.1) is 5.69 Å². The van der Waals surface area contributed by atoms with E-state index in [1.165, 1.54) is 58.5 Å². The van der Waals surface area contributed by atoms with Gasteiger partial charge in [-0.1, -0.05) is 103 Å². The topological polar surface area (TPSA) is 16.4 Å². The van der Waals surface area contributed by atoms with Gasteiger partial charge in [-0.3, -0.25) is 0 Å². The van der Waals surface area contributed by atoms with Crippen LogP contribution in [0.15, 0.2) is 168 Å². The third kappa shape index (κ3) is 4.17. The molecule has 2 nitrogen and oxygen atoms in total. The second-order valence-corrected chi connectivity index (χ2v) is 13.2. The van der Waals surface area contributed by atoms with E-state index in [0.717, 1.165) is 33.3 Å². The molecule has 0 N–H and O–H groups in total. The largest absolute Gasteiger partial charge is 0.456 e. The van der Waals surface area contributed by atoms with Gasteiger partial charge < -0.3 is 9.32 Å². The summed E-state index contributed by atoms with van der Waals surface area (Å²) in [6, 6.07) is 59.2. The van der Waals surface area contributed by atoms with Gasteiger partial charge >= 0.3 is 0 Å². The van der Waals surface area contributed by atoms with Crippen molar-refractivity contribution in [1.82, 2.24) is 0 Å². The molecule has 0 saturated carbocycles. The van der Waals surface area contributed by atoms with E-state index in [0.29, 0.717) is 0 Å². The second kappa shape index (κ2) is 10.3. The Morgan fingerprint density at radius 1 is 0.404 bits per heavy atom. The van der Waals surface area contributed by atoms with Crippen LogP contribution in [-0.4, -0.2) is 0 Å². The molecule has 0 radical (unpaired) electrons. The summed E-state index contributed by atoms with van der Waals surface area (Å²) in [5, 5.41) is 9.87. The first-order chi connectivity index (χ1) is 23.3. The van der Waals surface area contributed by atoms with E-state index in [2.05, 4.69) is 157 Å². The molecule has 0 aliphatic heterocycles. The molecular formula is C44H27NOS. The van der Waals surface area contributed by atoms with Gasteiger partial charge in [0.1, 0.15) is 11.2 Å². The predicted molar refractivity (Wildman–Crippen MR) is 202 cm³/mol. The second-order valence-electron chi connectivity index (χ2n) is 12.1. The van der Waals surface area contributed by atoms with E-state index in [1.54, 1.807) is 0 Å². The molecule has 10 rings (SSSR count). The van der Waals surface area contributed by atoms with E-state index in [9.17, 15) is 0 Å². The lowest BCUT2D eigenvalue weighted by atomic mass is 10.00. The maximum Gasteiger partial charge on any atom is 0.135 e. The third-order valence-corrected chi connectivity index (χ3v) is 10.6. The smallest absolute Gasteiger partial charge is 0.135 e. The number of benzene rings is 8. The Hall–Kier alpha value is -5.90. The first-order valence-electron chi connectivity index (χ1n) is 15.9. The van der Waals surface area contributed by atoms with Crippen molar-refractivity contribution in [2.45, 2.75) is 0 Å². The molecule has 0 amide bonds. The number of thiophene rings is 1. The Bertz CT molecular complexity index is 2810. The molecule has 47 heavy (non-hydrogen) atoms. The van der Waals surface area contributed by atoms with Crippen LogP contribution in [0.3, 0.4) is 0 Å². The molecule has 0 bridgehead atoms. The van der Waals surface area contributed by atoms with Gasteiger partial charge in [-0.25, -0.2) is 0 Å². The molecule has 220 valence electrons. The maximum absolute atomic E-state index is 6.10. The highest BCUT2D eigenvalue weighted by molar-refractivity contribution is 7.26. The zero-order valence-corrected chi connectivity index (χ0v) is 26.2. The van der Waals surface area contributed by atoms with E-state index in [1.807, 2.05) is 23.5 Å². The molecule has 0 aliphatic rings. The summed E-state index contributed by atoms with van der Waals surface area (Å²) in [5.41, 5.74) is 7.61. The first kappa shape index (κ1) is 26.3. The molecule has 0 saturated heterocycles. The summed E-state index contributed by atoms with van der Waals surface area (Å²) < 4.78 is 8.69. The summed E-state index contributed by atoms with van der Waals surface area (Å²) >= 11 is 1.86. The summed E-state index contributed by atoms with van der Waals surface area (Å²) in [4.78, 5) is 2.43. The zero-order chi connectivity index (χ0) is 30.9. The molecule has 2 heterocycles.